The molecule has 1 aliphatic rings. The average molecular weight is 212 g/mol. The molecule has 1 heterocycles. The first-order valence-corrected chi connectivity index (χ1v) is 5.90. The third-order valence-electron chi connectivity index (χ3n) is 3.31. The van der Waals surface area contributed by atoms with Gasteiger partial charge in [0.2, 0.25) is 5.91 Å². The maximum Gasteiger partial charge on any atom is 0.237 e. The molecule has 0 spiro atoms. The lowest BCUT2D eigenvalue weighted by Crippen LogP contribution is -2.45. The minimum atomic E-state index is 0.217. The summed E-state index contributed by atoms with van der Waals surface area (Å²) in [6.45, 7) is 12.3. The van der Waals surface area contributed by atoms with E-state index in [4.69, 9.17) is 0 Å². The Hall–Kier alpha value is -0.570. The molecule has 1 N–H and O–H groups in total. The van der Waals surface area contributed by atoms with E-state index in [1.54, 1.807) is 0 Å². The first kappa shape index (κ1) is 12.5. The highest BCUT2D eigenvalue weighted by molar-refractivity contribution is 5.80. The maximum absolute atomic E-state index is 11.7. The zero-order valence-corrected chi connectivity index (χ0v) is 10.6. The molecule has 1 unspecified atom stereocenters. The van der Waals surface area contributed by atoms with Crippen LogP contribution >= 0.6 is 0 Å². The van der Waals surface area contributed by atoms with Crippen LogP contribution in [-0.2, 0) is 4.79 Å². The molecule has 88 valence electrons. The summed E-state index contributed by atoms with van der Waals surface area (Å²) in [5.41, 5.74) is 0.217. The third-order valence-corrected chi connectivity index (χ3v) is 3.31. The van der Waals surface area contributed by atoms with Crippen LogP contribution in [0.3, 0.4) is 0 Å². The standard InChI is InChI=1S/C12H24N2O/c1-6-12(4,5)8-14-10(15)7-13-11(14)9(2)3/h9,11,13H,6-8H2,1-5H3. The van der Waals surface area contributed by atoms with Crippen LogP contribution in [0.5, 0.6) is 0 Å². The lowest BCUT2D eigenvalue weighted by Gasteiger charge is -2.34. The second-order valence-electron chi connectivity index (χ2n) is 5.61. The summed E-state index contributed by atoms with van der Waals surface area (Å²) in [4.78, 5) is 13.8. The Morgan fingerprint density at radius 1 is 1.53 bits per heavy atom. The molecule has 0 radical (unpaired) electrons. The van der Waals surface area contributed by atoms with Crippen molar-refractivity contribution in [1.82, 2.24) is 10.2 Å². The van der Waals surface area contributed by atoms with Gasteiger partial charge in [0, 0.05) is 6.54 Å². The molecule has 15 heavy (non-hydrogen) atoms. The normalized spacial score (nSPS) is 22.9. The summed E-state index contributed by atoms with van der Waals surface area (Å²) in [6, 6.07) is 0. The molecule has 1 amide bonds. The second-order valence-corrected chi connectivity index (χ2v) is 5.61. The summed E-state index contributed by atoms with van der Waals surface area (Å²) in [5.74, 6) is 0.722. The van der Waals surface area contributed by atoms with Crippen LogP contribution in [0.25, 0.3) is 0 Å². The van der Waals surface area contributed by atoms with Crippen molar-refractivity contribution < 1.29 is 4.79 Å². The first-order valence-electron chi connectivity index (χ1n) is 5.90. The summed E-state index contributed by atoms with van der Waals surface area (Å²) >= 11 is 0. The Morgan fingerprint density at radius 2 is 2.13 bits per heavy atom. The highest BCUT2D eigenvalue weighted by Gasteiger charge is 2.35. The summed E-state index contributed by atoms with van der Waals surface area (Å²) in [7, 11) is 0. The molecule has 0 bridgehead atoms. The van der Waals surface area contributed by atoms with Crippen LogP contribution in [0.2, 0.25) is 0 Å². The van der Waals surface area contributed by atoms with Crippen molar-refractivity contribution in [1.29, 1.82) is 0 Å². The highest BCUT2D eigenvalue weighted by atomic mass is 16.2. The van der Waals surface area contributed by atoms with Crippen LogP contribution in [-0.4, -0.2) is 30.1 Å². The van der Waals surface area contributed by atoms with Crippen molar-refractivity contribution in [2.24, 2.45) is 11.3 Å². The molecule has 0 aromatic rings. The first-order chi connectivity index (χ1) is 6.87. The molecule has 1 atom stereocenters. The van der Waals surface area contributed by atoms with E-state index in [1.807, 2.05) is 4.90 Å². The summed E-state index contributed by atoms with van der Waals surface area (Å²) in [6.07, 6.45) is 1.32. The Morgan fingerprint density at radius 3 is 2.60 bits per heavy atom. The van der Waals surface area contributed by atoms with Crippen molar-refractivity contribution in [3.63, 3.8) is 0 Å². The summed E-state index contributed by atoms with van der Waals surface area (Å²) < 4.78 is 0. The van der Waals surface area contributed by atoms with Crippen LogP contribution in [0, 0.1) is 11.3 Å². The predicted octanol–water partition coefficient (Wildman–Crippen LogP) is 1.84. The molecule has 0 saturated carbocycles. The lowest BCUT2D eigenvalue weighted by atomic mass is 9.89. The monoisotopic (exact) mass is 212 g/mol. The van der Waals surface area contributed by atoms with Crippen molar-refractivity contribution in [2.75, 3.05) is 13.1 Å². The van der Waals surface area contributed by atoms with E-state index in [0.29, 0.717) is 12.5 Å². The SMILES string of the molecule is CCC(C)(C)CN1C(=O)CNC1C(C)C. The van der Waals surface area contributed by atoms with Crippen LogP contribution < -0.4 is 5.32 Å². The number of nitrogens with zero attached hydrogens (tertiary/aromatic N) is 1. The number of carbonyl (C=O) groups is 1. The van der Waals surface area contributed by atoms with Gasteiger partial charge in [-0.15, -0.1) is 0 Å². The van der Waals surface area contributed by atoms with Gasteiger partial charge in [-0.1, -0.05) is 34.6 Å². The lowest BCUT2D eigenvalue weighted by molar-refractivity contribution is -0.130. The van der Waals surface area contributed by atoms with Gasteiger partial charge in [0.1, 0.15) is 0 Å². The molecular weight excluding hydrogens is 188 g/mol. The van der Waals surface area contributed by atoms with Gasteiger partial charge in [-0.05, 0) is 17.8 Å². The number of nitrogens with one attached hydrogen (secondary N) is 1. The van der Waals surface area contributed by atoms with Gasteiger partial charge in [0.05, 0.1) is 12.7 Å². The Balaban J connectivity index is 2.69. The Bertz CT molecular complexity index is 236. The minimum absolute atomic E-state index is 0.217. The number of hydrogen-bond acceptors (Lipinski definition) is 2. The smallest absolute Gasteiger partial charge is 0.237 e. The van der Waals surface area contributed by atoms with Gasteiger partial charge in [-0.25, -0.2) is 0 Å². The molecule has 1 fully saturated rings. The zero-order chi connectivity index (χ0) is 11.6. The van der Waals surface area contributed by atoms with Gasteiger partial charge in [0.15, 0.2) is 0 Å². The Labute approximate surface area is 93.2 Å². The van der Waals surface area contributed by atoms with Crippen molar-refractivity contribution in [3.05, 3.63) is 0 Å². The third kappa shape index (κ3) is 2.94. The fraction of sp³-hybridized carbons (Fsp3) is 0.917. The van der Waals surface area contributed by atoms with E-state index in [1.165, 1.54) is 0 Å². The van der Waals surface area contributed by atoms with Gasteiger partial charge >= 0.3 is 0 Å². The minimum Gasteiger partial charge on any atom is -0.325 e. The molecule has 3 nitrogen and oxygen atoms in total. The largest absolute Gasteiger partial charge is 0.325 e. The van der Waals surface area contributed by atoms with E-state index in [-0.39, 0.29) is 17.5 Å². The molecule has 0 aromatic carbocycles. The molecule has 1 aliphatic heterocycles. The number of hydrogen-bond donors (Lipinski definition) is 1. The van der Waals surface area contributed by atoms with Crippen LogP contribution in [0.4, 0.5) is 0 Å². The molecule has 3 heteroatoms. The fourth-order valence-electron chi connectivity index (χ4n) is 1.91. The van der Waals surface area contributed by atoms with Gasteiger partial charge in [-0.2, -0.15) is 0 Å². The molecule has 0 aliphatic carbocycles. The number of amides is 1. The molecule has 0 aromatic heterocycles. The number of carbonyl (C=O) groups excluding carboxylic acids is 1. The molecule has 1 rings (SSSR count). The maximum atomic E-state index is 11.7. The van der Waals surface area contributed by atoms with Crippen molar-refractivity contribution in [2.45, 2.75) is 47.2 Å². The average Bonchev–Trinajstić information content (AvgIpc) is 2.48. The summed E-state index contributed by atoms with van der Waals surface area (Å²) in [5, 5.41) is 3.28. The van der Waals surface area contributed by atoms with Crippen LogP contribution in [0.15, 0.2) is 0 Å². The fourth-order valence-corrected chi connectivity index (χ4v) is 1.91. The quantitative estimate of drug-likeness (QED) is 0.771. The predicted molar refractivity (Wildman–Crippen MR) is 62.4 cm³/mol. The topological polar surface area (TPSA) is 32.3 Å². The van der Waals surface area contributed by atoms with E-state index in [9.17, 15) is 4.79 Å². The van der Waals surface area contributed by atoms with Crippen molar-refractivity contribution >= 4 is 5.91 Å². The van der Waals surface area contributed by atoms with Gasteiger partial charge in [-0.3, -0.25) is 10.1 Å². The highest BCUT2D eigenvalue weighted by Crippen LogP contribution is 2.25. The van der Waals surface area contributed by atoms with Gasteiger partial charge in [0.25, 0.3) is 0 Å². The van der Waals surface area contributed by atoms with Crippen LogP contribution in [0.1, 0.15) is 41.0 Å². The van der Waals surface area contributed by atoms with Crippen molar-refractivity contribution in [3.8, 4) is 0 Å². The second kappa shape index (κ2) is 4.52. The van der Waals surface area contributed by atoms with E-state index in [2.05, 4.69) is 39.9 Å². The Kier molecular flexibility index (Phi) is 3.77. The van der Waals surface area contributed by atoms with E-state index >= 15 is 0 Å². The molecular formula is C12H24N2O. The molecule has 1 saturated heterocycles. The zero-order valence-electron chi connectivity index (χ0n) is 10.6. The van der Waals surface area contributed by atoms with E-state index < -0.39 is 0 Å². The van der Waals surface area contributed by atoms with E-state index in [0.717, 1.165) is 13.0 Å². The van der Waals surface area contributed by atoms with Gasteiger partial charge < -0.3 is 4.90 Å². The number of rotatable bonds is 4.